The predicted octanol–water partition coefficient (Wildman–Crippen LogP) is 3.72. The molecule has 0 radical (unpaired) electrons. The maximum atomic E-state index is 13.2. The minimum atomic E-state index is -4.58. The molecule has 1 aromatic rings. The number of rotatable bonds is 4. The number of hydrogen-bond acceptors (Lipinski definition) is 2. The second-order valence-corrected chi connectivity index (χ2v) is 5.42. The number of benzene rings is 1. The molecule has 2 rings (SSSR count). The number of nitrogens with two attached hydrogens (primary N) is 1. The van der Waals surface area contributed by atoms with Gasteiger partial charge in [0.05, 0.1) is 5.56 Å². The zero-order chi connectivity index (χ0) is 15.6. The van der Waals surface area contributed by atoms with Gasteiger partial charge in [0.15, 0.2) is 0 Å². The Hall–Kier alpha value is -1.14. The Bertz CT molecular complexity index is 487. The Morgan fingerprint density at radius 3 is 2.67 bits per heavy atom. The molecule has 0 spiro atoms. The lowest BCUT2D eigenvalue weighted by Crippen LogP contribution is -2.38. The summed E-state index contributed by atoms with van der Waals surface area (Å²) in [4.78, 5) is 2.03. The lowest BCUT2D eigenvalue weighted by atomic mass is 9.97. The molecule has 2 atom stereocenters. The van der Waals surface area contributed by atoms with Crippen LogP contribution in [-0.2, 0) is 6.18 Å². The smallest absolute Gasteiger partial charge is 0.329 e. The summed E-state index contributed by atoms with van der Waals surface area (Å²) >= 11 is 0. The SMILES string of the molecule is CCC1CCCN1C(CN)c1ccc(F)cc1C(F)(F)F. The maximum absolute atomic E-state index is 13.2. The third-order valence-corrected chi connectivity index (χ3v) is 4.20. The molecule has 1 aliphatic rings. The Kier molecular flexibility index (Phi) is 4.88. The van der Waals surface area contributed by atoms with Crippen LogP contribution in [0.2, 0.25) is 0 Å². The quantitative estimate of drug-likeness (QED) is 0.859. The van der Waals surface area contributed by atoms with E-state index in [4.69, 9.17) is 5.73 Å². The average Bonchev–Trinajstić information content (AvgIpc) is 2.88. The van der Waals surface area contributed by atoms with Crippen molar-refractivity contribution in [2.24, 2.45) is 5.73 Å². The van der Waals surface area contributed by atoms with Gasteiger partial charge in [0.1, 0.15) is 5.82 Å². The van der Waals surface area contributed by atoms with Crippen LogP contribution in [0.1, 0.15) is 43.4 Å². The first-order valence-corrected chi connectivity index (χ1v) is 7.21. The van der Waals surface area contributed by atoms with Crippen LogP contribution in [0.15, 0.2) is 18.2 Å². The Morgan fingerprint density at radius 2 is 2.10 bits per heavy atom. The highest BCUT2D eigenvalue weighted by Crippen LogP contribution is 2.38. The van der Waals surface area contributed by atoms with Crippen LogP contribution in [0.5, 0.6) is 0 Å². The molecule has 2 unspecified atom stereocenters. The molecule has 21 heavy (non-hydrogen) atoms. The van der Waals surface area contributed by atoms with Crippen LogP contribution in [0.4, 0.5) is 17.6 Å². The summed E-state index contributed by atoms with van der Waals surface area (Å²) in [5, 5.41) is 0. The highest BCUT2D eigenvalue weighted by molar-refractivity contribution is 5.33. The molecule has 0 bridgehead atoms. The summed E-state index contributed by atoms with van der Waals surface area (Å²) in [6.07, 6.45) is -1.78. The average molecular weight is 304 g/mol. The third-order valence-electron chi connectivity index (χ3n) is 4.20. The largest absolute Gasteiger partial charge is 0.416 e. The first-order chi connectivity index (χ1) is 9.88. The van der Waals surface area contributed by atoms with Gasteiger partial charge in [0.25, 0.3) is 0 Å². The molecule has 2 N–H and O–H groups in total. The molecule has 1 saturated heterocycles. The number of nitrogens with zero attached hydrogens (tertiary/aromatic N) is 1. The van der Waals surface area contributed by atoms with Crippen molar-refractivity contribution in [2.75, 3.05) is 13.1 Å². The van der Waals surface area contributed by atoms with Gasteiger partial charge in [0.2, 0.25) is 0 Å². The fraction of sp³-hybridized carbons (Fsp3) is 0.600. The maximum Gasteiger partial charge on any atom is 0.416 e. The summed E-state index contributed by atoms with van der Waals surface area (Å²) < 4.78 is 52.7. The van der Waals surface area contributed by atoms with Gasteiger partial charge in [0, 0.05) is 18.6 Å². The summed E-state index contributed by atoms with van der Waals surface area (Å²) in [6.45, 7) is 2.84. The van der Waals surface area contributed by atoms with Crippen molar-refractivity contribution >= 4 is 0 Å². The van der Waals surface area contributed by atoms with Crippen molar-refractivity contribution < 1.29 is 17.6 Å². The van der Waals surface area contributed by atoms with Crippen LogP contribution < -0.4 is 5.73 Å². The zero-order valence-corrected chi connectivity index (χ0v) is 12.0. The van der Waals surface area contributed by atoms with Gasteiger partial charge in [-0.15, -0.1) is 0 Å². The van der Waals surface area contributed by atoms with Crippen LogP contribution in [0.3, 0.4) is 0 Å². The van der Waals surface area contributed by atoms with E-state index < -0.39 is 23.6 Å². The van der Waals surface area contributed by atoms with E-state index in [0.717, 1.165) is 31.9 Å². The number of likely N-dealkylation sites (tertiary alicyclic amines) is 1. The van der Waals surface area contributed by atoms with E-state index in [1.807, 2.05) is 11.8 Å². The van der Waals surface area contributed by atoms with Crippen LogP contribution in [-0.4, -0.2) is 24.0 Å². The predicted molar refractivity (Wildman–Crippen MR) is 73.2 cm³/mol. The molecule has 0 aromatic heterocycles. The molecule has 0 saturated carbocycles. The molecule has 1 aliphatic heterocycles. The summed E-state index contributed by atoms with van der Waals surface area (Å²) in [5.74, 6) is -0.879. The first-order valence-electron chi connectivity index (χ1n) is 7.21. The molecule has 0 aliphatic carbocycles. The molecule has 1 fully saturated rings. The van der Waals surface area contributed by atoms with Gasteiger partial charge in [-0.1, -0.05) is 13.0 Å². The minimum Gasteiger partial charge on any atom is -0.329 e. The van der Waals surface area contributed by atoms with E-state index in [9.17, 15) is 17.6 Å². The Morgan fingerprint density at radius 1 is 1.38 bits per heavy atom. The van der Waals surface area contributed by atoms with E-state index in [1.165, 1.54) is 6.07 Å². The van der Waals surface area contributed by atoms with Crippen LogP contribution in [0, 0.1) is 5.82 Å². The molecule has 2 nitrogen and oxygen atoms in total. The van der Waals surface area contributed by atoms with Gasteiger partial charge in [-0.25, -0.2) is 4.39 Å². The lowest BCUT2D eigenvalue weighted by Gasteiger charge is -2.33. The van der Waals surface area contributed by atoms with E-state index in [0.29, 0.717) is 6.07 Å². The molecular formula is C15H20F4N2. The monoisotopic (exact) mass is 304 g/mol. The molecule has 118 valence electrons. The highest BCUT2D eigenvalue weighted by atomic mass is 19.4. The summed E-state index contributed by atoms with van der Waals surface area (Å²) in [7, 11) is 0. The second kappa shape index (κ2) is 6.32. The molecular weight excluding hydrogens is 284 g/mol. The fourth-order valence-corrected chi connectivity index (χ4v) is 3.21. The Balaban J connectivity index is 2.43. The highest BCUT2D eigenvalue weighted by Gasteiger charge is 2.38. The lowest BCUT2D eigenvalue weighted by molar-refractivity contribution is -0.139. The topological polar surface area (TPSA) is 29.3 Å². The van der Waals surface area contributed by atoms with Crippen molar-refractivity contribution in [3.05, 3.63) is 35.1 Å². The van der Waals surface area contributed by atoms with Gasteiger partial charge in [-0.2, -0.15) is 13.2 Å². The van der Waals surface area contributed by atoms with Crippen molar-refractivity contribution in [3.8, 4) is 0 Å². The normalized spacial score (nSPS) is 21.7. The number of hydrogen-bond donors (Lipinski definition) is 1. The van der Waals surface area contributed by atoms with Gasteiger partial charge in [-0.05, 0) is 43.5 Å². The van der Waals surface area contributed by atoms with E-state index in [2.05, 4.69) is 0 Å². The molecule has 0 amide bonds. The third kappa shape index (κ3) is 3.37. The van der Waals surface area contributed by atoms with Gasteiger partial charge in [-0.3, -0.25) is 4.90 Å². The fourth-order valence-electron chi connectivity index (χ4n) is 3.21. The molecule has 6 heteroatoms. The van der Waals surface area contributed by atoms with Gasteiger partial charge >= 0.3 is 6.18 Å². The van der Waals surface area contributed by atoms with Crippen LogP contribution in [0.25, 0.3) is 0 Å². The van der Waals surface area contributed by atoms with E-state index in [-0.39, 0.29) is 18.2 Å². The second-order valence-electron chi connectivity index (χ2n) is 5.42. The zero-order valence-electron chi connectivity index (χ0n) is 12.0. The van der Waals surface area contributed by atoms with Crippen molar-refractivity contribution in [1.82, 2.24) is 4.90 Å². The summed E-state index contributed by atoms with van der Waals surface area (Å²) in [6, 6.07) is 2.58. The summed E-state index contributed by atoms with van der Waals surface area (Å²) in [5.41, 5.74) is 4.91. The Labute approximate surface area is 121 Å². The van der Waals surface area contributed by atoms with Crippen LogP contribution >= 0.6 is 0 Å². The van der Waals surface area contributed by atoms with E-state index in [1.54, 1.807) is 0 Å². The van der Waals surface area contributed by atoms with E-state index >= 15 is 0 Å². The van der Waals surface area contributed by atoms with Crippen molar-refractivity contribution in [1.29, 1.82) is 0 Å². The molecule has 1 heterocycles. The number of halogens is 4. The first kappa shape index (κ1) is 16.2. The molecule has 1 aromatic carbocycles. The van der Waals surface area contributed by atoms with Crippen molar-refractivity contribution in [3.63, 3.8) is 0 Å². The standard InChI is InChI=1S/C15H20F4N2/c1-2-11-4-3-7-21(11)14(9-20)12-6-5-10(16)8-13(12)15(17,18)19/h5-6,8,11,14H,2-4,7,9,20H2,1H3. The minimum absolute atomic E-state index is 0.0757. The van der Waals surface area contributed by atoms with Gasteiger partial charge < -0.3 is 5.73 Å². The van der Waals surface area contributed by atoms with Crippen molar-refractivity contribution in [2.45, 2.75) is 44.4 Å². The number of alkyl halides is 3.